The Morgan fingerprint density at radius 2 is 1.62 bits per heavy atom. The van der Waals surface area contributed by atoms with E-state index in [-0.39, 0.29) is 12.6 Å². The van der Waals surface area contributed by atoms with Crippen LogP contribution in [-0.2, 0) is 0 Å². The van der Waals surface area contributed by atoms with E-state index in [4.69, 9.17) is 5.73 Å². The minimum Gasteiger partial charge on any atom is -0.395 e. The van der Waals surface area contributed by atoms with Crippen molar-refractivity contribution >= 4 is 0 Å². The fourth-order valence-corrected chi connectivity index (χ4v) is 3.11. The van der Waals surface area contributed by atoms with E-state index in [1.807, 2.05) is 0 Å². The number of hydrogen-bond donors (Lipinski definition) is 2. The second-order valence-corrected chi connectivity index (χ2v) is 6.05. The first-order valence-electron chi connectivity index (χ1n) is 8.20. The molecule has 0 aliphatic carbocycles. The van der Waals surface area contributed by atoms with E-state index < -0.39 is 0 Å². The third-order valence-electron chi connectivity index (χ3n) is 4.25. The first-order chi connectivity index (χ1) is 10.0. The quantitative estimate of drug-likeness (QED) is 0.735. The molecule has 0 heterocycles. The Labute approximate surface area is 130 Å². The van der Waals surface area contributed by atoms with Gasteiger partial charge in [-0.3, -0.25) is 4.90 Å². The Bertz CT molecular complexity index is 395. The van der Waals surface area contributed by atoms with Crippen LogP contribution in [-0.4, -0.2) is 35.7 Å². The number of rotatable bonds is 9. The Kier molecular flexibility index (Phi) is 7.94. The lowest BCUT2D eigenvalue weighted by Crippen LogP contribution is -2.38. The van der Waals surface area contributed by atoms with Crippen molar-refractivity contribution in [2.45, 2.75) is 59.0 Å². The molecule has 0 radical (unpaired) electrons. The number of aliphatic hydroxyl groups is 1. The minimum atomic E-state index is 0.0687. The van der Waals surface area contributed by atoms with Crippen molar-refractivity contribution in [1.29, 1.82) is 0 Å². The molecule has 21 heavy (non-hydrogen) atoms. The summed E-state index contributed by atoms with van der Waals surface area (Å²) in [5.41, 5.74) is 10.1. The number of nitrogens with zero attached hydrogens (tertiary/aromatic N) is 1. The molecule has 0 aromatic heterocycles. The molecule has 0 fully saturated rings. The van der Waals surface area contributed by atoms with Crippen LogP contribution in [0.15, 0.2) is 18.2 Å². The molecule has 1 aromatic carbocycles. The van der Waals surface area contributed by atoms with Crippen LogP contribution in [0.25, 0.3) is 0 Å². The fraction of sp³-hybridized carbons (Fsp3) is 0.667. The van der Waals surface area contributed by atoms with Crippen molar-refractivity contribution < 1.29 is 5.11 Å². The molecule has 0 bridgehead atoms. The molecule has 1 atom stereocenters. The van der Waals surface area contributed by atoms with Gasteiger partial charge in [-0.1, -0.05) is 43.2 Å². The zero-order valence-corrected chi connectivity index (χ0v) is 14.1. The van der Waals surface area contributed by atoms with Crippen molar-refractivity contribution in [3.8, 4) is 0 Å². The van der Waals surface area contributed by atoms with Crippen LogP contribution in [0.3, 0.4) is 0 Å². The maximum Gasteiger partial charge on any atom is 0.0558 e. The Morgan fingerprint density at radius 1 is 1.05 bits per heavy atom. The van der Waals surface area contributed by atoms with Gasteiger partial charge in [0, 0.05) is 25.2 Å². The molecule has 0 aliphatic rings. The molecule has 0 saturated carbocycles. The van der Waals surface area contributed by atoms with Gasteiger partial charge in [0.15, 0.2) is 0 Å². The highest BCUT2D eigenvalue weighted by molar-refractivity contribution is 5.30. The topological polar surface area (TPSA) is 49.5 Å². The van der Waals surface area contributed by atoms with Crippen molar-refractivity contribution in [2.24, 2.45) is 5.73 Å². The Balaban J connectivity index is 2.65. The van der Waals surface area contributed by atoms with Crippen molar-refractivity contribution in [3.63, 3.8) is 0 Å². The van der Waals surface area contributed by atoms with Gasteiger partial charge in [-0.2, -0.15) is 0 Å². The first kappa shape index (κ1) is 18.1. The summed E-state index contributed by atoms with van der Waals surface area (Å²) < 4.78 is 0. The lowest BCUT2D eigenvalue weighted by Gasteiger charge is -2.30. The standard InChI is InChI=1S/C18H32N2O/c1-5-17(6-2)20(9-10-21)8-7-18(19)16-12-14(3)11-15(4)13-16/h11-13,17-18,21H,5-10,19H2,1-4H3. The highest BCUT2D eigenvalue weighted by atomic mass is 16.3. The highest BCUT2D eigenvalue weighted by Crippen LogP contribution is 2.19. The Hall–Kier alpha value is -0.900. The molecule has 1 rings (SSSR count). The van der Waals surface area contributed by atoms with E-state index in [0.29, 0.717) is 6.04 Å². The van der Waals surface area contributed by atoms with Crippen LogP contribution in [0.4, 0.5) is 0 Å². The van der Waals surface area contributed by atoms with E-state index in [2.05, 4.69) is 50.8 Å². The average molecular weight is 292 g/mol. The van der Waals surface area contributed by atoms with E-state index in [0.717, 1.165) is 32.4 Å². The maximum atomic E-state index is 9.26. The average Bonchev–Trinajstić information content (AvgIpc) is 2.44. The summed E-state index contributed by atoms with van der Waals surface area (Å²) in [6, 6.07) is 7.16. The van der Waals surface area contributed by atoms with Crippen molar-refractivity contribution in [2.75, 3.05) is 19.7 Å². The second kappa shape index (κ2) is 9.19. The molecule has 120 valence electrons. The van der Waals surface area contributed by atoms with Gasteiger partial charge in [0.2, 0.25) is 0 Å². The molecule has 1 unspecified atom stereocenters. The van der Waals surface area contributed by atoms with Gasteiger partial charge >= 0.3 is 0 Å². The van der Waals surface area contributed by atoms with Gasteiger partial charge in [0.05, 0.1) is 6.61 Å². The van der Waals surface area contributed by atoms with Gasteiger partial charge in [-0.25, -0.2) is 0 Å². The largest absolute Gasteiger partial charge is 0.395 e. The molecule has 3 N–H and O–H groups in total. The summed E-state index contributed by atoms with van der Waals surface area (Å²) in [5.74, 6) is 0. The van der Waals surface area contributed by atoms with Gasteiger partial charge in [-0.15, -0.1) is 0 Å². The molecule has 0 aliphatic heterocycles. The normalized spacial score (nSPS) is 13.1. The summed E-state index contributed by atoms with van der Waals surface area (Å²) in [6.45, 7) is 10.6. The SMILES string of the molecule is CCC(CC)N(CCO)CCC(N)c1cc(C)cc(C)c1. The molecular formula is C18H32N2O. The molecular weight excluding hydrogens is 260 g/mol. The van der Waals surface area contributed by atoms with Crippen molar-refractivity contribution in [1.82, 2.24) is 4.90 Å². The van der Waals surface area contributed by atoms with Crippen molar-refractivity contribution in [3.05, 3.63) is 34.9 Å². The van der Waals surface area contributed by atoms with E-state index in [9.17, 15) is 5.11 Å². The predicted octanol–water partition coefficient (Wildman–Crippen LogP) is 3.18. The summed E-state index contributed by atoms with van der Waals surface area (Å²) >= 11 is 0. The first-order valence-corrected chi connectivity index (χ1v) is 8.20. The number of benzene rings is 1. The van der Waals surface area contributed by atoms with Crippen LogP contribution in [0, 0.1) is 13.8 Å². The zero-order valence-electron chi connectivity index (χ0n) is 14.1. The molecule has 0 amide bonds. The van der Waals surface area contributed by atoms with Gasteiger partial charge < -0.3 is 10.8 Å². The smallest absolute Gasteiger partial charge is 0.0558 e. The molecule has 0 saturated heterocycles. The molecule has 3 heteroatoms. The van der Waals surface area contributed by atoms with E-state index in [1.54, 1.807) is 0 Å². The summed E-state index contributed by atoms with van der Waals surface area (Å²) in [7, 11) is 0. The zero-order chi connectivity index (χ0) is 15.8. The van der Waals surface area contributed by atoms with Crippen LogP contribution in [0.2, 0.25) is 0 Å². The number of hydrogen-bond acceptors (Lipinski definition) is 3. The van der Waals surface area contributed by atoms with Crippen LogP contribution in [0.1, 0.15) is 55.8 Å². The van der Waals surface area contributed by atoms with E-state index >= 15 is 0 Å². The minimum absolute atomic E-state index is 0.0687. The fourth-order valence-electron chi connectivity index (χ4n) is 3.11. The van der Waals surface area contributed by atoms with Crippen LogP contribution in [0.5, 0.6) is 0 Å². The molecule has 0 spiro atoms. The Morgan fingerprint density at radius 3 is 2.10 bits per heavy atom. The number of aliphatic hydroxyl groups excluding tert-OH is 1. The lowest BCUT2D eigenvalue weighted by atomic mass is 9.99. The third kappa shape index (κ3) is 5.77. The van der Waals surface area contributed by atoms with Crippen LogP contribution >= 0.6 is 0 Å². The summed E-state index contributed by atoms with van der Waals surface area (Å²) in [6.07, 6.45) is 3.17. The van der Waals surface area contributed by atoms with Crippen LogP contribution < -0.4 is 5.73 Å². The van der Waals surface area contributed by atoms with Gasteiger partial charge in [-0.05, 0) is 38.7 Å². The second-order valence-electron chi connectivity index (χ2n) is 6.05. The molecule has 3 nitrogen and oxygen atoms in total. The maximum absolute atomic E-state index is 9.26. The van der Waals surface area contributed by atoms with E-state index in [1.165, 1.54) is 16.7 Å². The van der Waals surface area contributed by atoms with Gasteiger partial charge in [0.1, 0.15) is 0 Å². The predicted molar refractivity (Wildman–Crippen MR) is 90.5 cm³/mol. The monoisotopic (exact) mass is 292 g/mol. The third-order valence-corrected chi connectivity index (χ3v) is 4.25. The molecule has 1 aromatic rings. The summed E-state index contributed by atoms with van der Waals surface area (Å²) in [5, 5.41) is 9.26. The highest BCUT2D eigenvalue weighted by Gasteiger charge is 2.16. The number of aryl methyl sites for hydroxylation is 2. The van der Waals surface area contributed by atoms with Gasteiger partial charge in [0.25, 0.3) is 0 Å². The lowest BCUT2D eigenvalue weighted by molar-refractivity contribution is 0.139. The number of nitrogens with two attached hydrogens (primary N) is 1. The summed E-state index contributed by atoms with van der Waals surface area (Å²) in [4.78, 5) is 2.38.